The molecule has 1 N–H and O–H groups in total. The molecule has 0 unspecified atom stereocenters. The Labute approximate surface area is 126 Å². The molecule has 7 heteroatoms. The number of nitrogens with zero attached hydrogens (tertiary/aromatic N) is 3. The number of aryl methyl sites for hydroxylation is 1. The fourth-order valence-corrected chi connectivity index (χ4v) is 2.14. The molecule has 1 aromatic carbocycles. The number of ether oxygens (including phenoxy) is 2. The van der Waals surface area contributed by atoms with Crippen molar-refractivity contribution >= 4 is 22.6 Å². The van der Waals surface area contributed by atoms with Crippen molar-refractivity contribution < 1.29 is 9.47 Å². The Balaban J connectivity index is 2.04. The van der Waals surface area contributed by atoms with Crippen molar-refractivity contribution in [1.82, 2.24) is 20.2 Å². The summed E-state index contributed by atoms with van der Waals surface area (Å²) in [6.07, 6.45) is 2.51. The number of fused-ring (bicyclic) bond motifs is 1. The first kappa shape index (κ1) is 13.6. The molecule has 21 heavy (non-hydrogen) atoms. The second-order valence-corrected chi connectivity index (χ2v) is 4.71. The molecule has 0 saturated carbocycles. The van der Waals surface area contributed by atoms with Gasteiger partial charge < -0.3 is 9.47 Å². The maximum atomic E-state index is 5.89. The predicted octanol–water partition coefficient (Wildman–Crippen LogP) is 3.37. The van der Waals surface area contributed by atoms with E-state index in [9.17, 15) is 0 Å². The average molecular weight is 305 g/mol. The minimum Gasteiger partial charge on any atom is -0.493 e. The number of H-pyrrole nitrogens is 1. The second kappa shape index (κ2) is 5.57. The first-order valence-electron chi connectivity index (χ1n) is 6.42. The van der Waals surface area contributed by atoms with E-state index in [1.807, 2.05) is 18.2 Å². The highest BCUT2D eigenvalue weighted by atomic mass is 35.5. The van der Waals surface area contributed by atoms with Crippen LogP contribution < -0.4 is 9.47 Å². The van der Waals surface area contributed by atoms with Gasteiger partial charge >= 0.3 is 0 Å². The number of halogens is 1. The van der Waals surface area contributed by atoms with Gasteiger partial charge in [0.15, 0.2) is 17.1 Å². The molecule has 0 radical (unpaired) electrons. The molecule has 0 saturated heterocycles. The molecular formula is C14H13ClN4O2. The number of methoxy groups -OCH3 is 1. The number of rotatable bonds is 4. The van der Waals surface area contributed by atoms with Crippen LogP contribution in [0.4, 0.5) is 0 Å². The number of hydrogen-bond acceptors (Lipinski definition) is 5. The third kappa shape index (κ3) is 2.62. The maximum Gasteiger partial charge on any atom is 0.234 e. The van der Waals surface area contributed by atoms with Crippen LogP contribution in [0, 0.1) is 0 Å². The third-order valence-corrected chi connectivity index (χ3v) is 3.26. The van der Waals surface area contributed by atoms with Crippen LogP contribution in [0.15, 0.2) is 24.4 Å². The number of hydrogen-bond donors (Lipinski definition) is 1. The molecule has 0 fully saturated rings. The quantitative estimate of drug-likeness (QED) is 0.748. The summed E-state index contributed by atoms with van der Waals surface area (Å²) < 4.78 is 11.2. The molecule has 6 nitrogen and oxygen atoms in total. The Morgan fingerprint density at radius 2 is 2.10 bits per heavy atom. The zero-order valence-corrected chi connectivity index (χ0v) is 12.3. The highest BCUT2D eigenvalue weighted by Gasteiger charge is 2.13. The van der Waals surface area contributed by atoms with Gasteiger partial charge in [0, 0.05) is 0 Å². The fourth-order valence-electron chi connectivity index (χ4n) is 1.98. The third-order valence-electron chi connectivity index (χ3n) is 3.09. The van der Waals surface area contributed by atoms with Gasteiger partial charge in [0.2, 0.25) is 11.2 Å². The Kier molecular flexibility index (Phi) is 3.62. The van der Waals surface area contributed by atoms with Crippen molar-refractivity contribution in [2.45, 2.75) is 13.3 Å². The molecule has 3 rings (SSSR count). The van der Waals surface area contributed by atoms with E-state index in [0.717, 1.165) is 12.0 Å². The van der Waals surface area contributed by atoms with Crippen molar-refractivity contribution in [3.05, 3.63) is 35.2 Å². The van der Waals surface area contributed by atoms with Crippen molar-refractivity contribution in [2.75, 3.05) is 7.11 Å². The number of benzene rings is 1. The van der Waals surface area contributed by atoms with Crippen LogP contribution in [0.3, 0.4) is 0 Å². The summed E-state index contributed by atoms with van der Waals surface area (Å²) in [5, 5.41) is 7.40. The van der Waals surface area contributed by atoms with E-state index >= 15 is 0 Å². The highest BCUT2D eigenvalue weighted by Crippen LogP contribution is 2.34. The van der Waals surface area contributed by atoms with E-state index in [1.165, 1.54) is 0 Å². The van der Waals surface area contributed by atoms with Crippen LogP contribution in [0.1, 0.15) is 12.5 Å². The lowest BCUT2D eigenvalue weighted by atomic mass is 10.1. The molecule has 0 amide bonds. The van der Waals surface area contributed by atoms with Crippen LogP contribution >= 0.6 is 11.6 Å². The molecule has 108 valence electrons. The van der Waals surface area contributed by atoms with Crippen LogP contribution in [0.5, 0.6) is 17.4 Å². The van der Waals surface area contributed by atoms with Crippen LogP contribution in [0.2, 0.25) is 5.28 Å². The Morgan fingerprint density at radius 3 is 2.86 bits per heavy atom. The zero-order valence-electron chi connectivity index (χ0n) is 11.6. The monoisotopic (exact) mass is 304 g/mol. The summed E-state index contributed by atoms with van der Waals surface area (Å²) in [5.74, 6) is 1.54. The minimum absolute atomic E-state index is 0.0888. The summed E-state index contributed by atoms with van der Waals surface area (Å²) >= 11 is 5.89. The minimum atomic E-state index is 0.0888. The van der Waals surface area contributed by atoms with Crippen molar-refractivity contribution in [2.24, 2.45) is 0 Å². The normalized spacial score (nSPS) is 10.8. The smallest absolute Gasteiger partial charge is 0.234 e. The Bertz CT molecular complexity index is 788. The molecule has 0 spiro atoms. The van der Waals surface area contributed by atoms with E-state index in [1.54, 1.807) is 13.3 Å². The van der Waals surface area contributed by atoms with E-state index < -0.39 is 0 Å². The second-order valence-electron chi connectivity index (χ2n) is 4.37. The summed E-state index contributed by atoms with van der Waals surface area (Å²) in [6, 6.07) is 5.76. The lowest BCUT2D eigenvalue weighted by molar-refractivity contribution is 0.375. The standard InChI is InChI=1S/C14H13ClN4O2/c1-3-8-4-5-10(11(6-8)20-2)21-13-9-7-16-19-12(9)17-14(15)18-13/h4-7H,3H2,1-2H3,(H,16,17,18,19). The Morgan fingerprint density at radius 1 is 1.24 bits per heavy atom. The molecule has 0 aliphatic heterocycles. The van der Waals surface area contributed by atoms with Gasteiger partial charge in [0.25, 0.3) is 0 Å². The largest absolute Gasteiger partial charge is 0.493 e. The Hall–Kier alpha value is -2.34. The lowest BCUT2D eigenvalue weighted by Crippen LogP contribution is -1.95. The topological polar surface area (TPSA) is 72.9 Å². The van der Waals surface area contributed by atoms with Gasteiger partial charge in [-0.2, -0.15) is 15.1 Å². The maximum absolute atomic E-state index is 5.89. The average Bonchev–Trinajstić information content (AvgIpc) is 2.96. The van der Waals surface area contributed by atoms with Gasteiger partial charge in [0.1, 0.15) is 5.39 Å². The molecule has 3 aromatic rings. The van der Waals surface area contributed by atoms with Gasteiger partial charge in [-0.05, 0) is 35.7 Å². The molecule has 0 bridgehead atoms. The van der Waals surface area contributed by atoms with E-state index in [-0.39, 0.29) is 5.28 Å². The first-order valence-corrected chi connectivity index (χ1v) is 6.80. The molecule has 0 aliphatic carbocycles. The fraction of sp³-hybridized carbons (Fsp3) is 0.214. The lowest BCUT2D eigenvalue weighted by Gasteiger charge is -2.11. The van der Waals surface area contributed by atoms with Crippen LogP contribution in [-0.4, -0.2) is 27.3 Å². The summed E-state index contributed by atoms with van der Waals surface area (Å²) in [7, 11) is 1.60. The van der Waals surface area contributed by atoms with Crippen molar-refractivity contribution in [1.29, 1.82) is 0 Å². The molecule has 0 atom stereocenters. The SMILES string of the molecule is CCc1ccc(Oc2nc(Cl)nc3[nH]ncc23)c(OC)c1. The van der Waals surface area contributed by atoms with Gasteiger partial charge in [-0.25, -0.2) is 0 Å². The zero-order chi connectivity index (χ0) is 14.8. The molecular weight excluding hydrogens is 292 g/mol. The van der Waals surface area contributed by atoms with Crippen LogP contribution in [0.25, 0.3) is 11.0 Å². The number of nitrogens with one attached hydrogen (secondary N) is 1. The van der Waals surface area contributed by atoms with Crippen LogP contribution in [-0.2, 0) is 6.42 Å². The van der Waals surface area contributed by atoms with Gasteiger partial charge in [-0.3, -0.25) is 5.10 Å². The van der Waals surface area contributed by atoms with E-state index in [0.29, 0.717) is 28.4 Å². The van der Waals surface area contributed by atoms with Crippen molar-refractivity contribution in [3.63, 3.8) is 0 Å². The summed E-state index contributed by atoms with van der Waals surface area (Å²) in [4.78, 5) is 8.14. The van der Waals surface area contributed by atoms with E-state index in [2.05, 4.69) is 27.1 Å². The highest BCUT2D eigenvalue weighted by molar-refractivity contribution is 6.28. The number of aromatic nitrogens is 4. The number of aromatic amines is 1. The van der Waals surface area contributed by atoms with Crippen molar-refractivity contribution in [3.8, 4) is 17.4 Å². The summed E-state index contributed by atoms with van der Waals surface area (Å²) in [5.41, 5.74) is 1.68. The summed E-state index contributed by atoms with van der Waals surface area (Å²) in [6.45, 7) is 2.08. The molecule has 0 aliphatic rings. The predicted molar refractivity (Wildman–Crippen MR) is 79.1 cm³/mol. The first-order chi connectivity index (χ1) is 10.2. The van der Waals surface area contributed by atoms with Gasteiger partial charge in [-0.15, -0.1) is 0 Å². The van der Waals surface area contributed by atoms with Gasteiger partial charge in [0.05, 0.1) is 13.3 Å². The molecule has 2 heterocycles. The van der Waals surface area contributed by atoms with E-state index in [4.69, 9.17) is 21.1 Å². The molecule has 2 aromatic heterocycles. The van der Waals surface area contributed by atoms with Gasteiger partial charge in [-0.1, -0.05) is 13.0 Å².